The molecule has 4 N–H and O–H groups in total. The van der Waals surface area contributed by atoms with Crippen LogP contribution < -0.4 is 11.3 Å². The van der Waals surface area contributed by atoms with Crippen molar-refractivity contribution in [3.05, 3.63) is 0 Å². The molecule has 4 heteroatoms. The number of carbonyl (C=O) groups excluding carboxylic acids is 1. The van der Waals surface area contributed by atoms with Crippen LogP contribution in [0.5, 0.6) is 0 Å². The van der Waals surface area contributed by atoms with Gasteiger partial charge in [0.05, 0.1) is 6.61 Å². The summed E-state index contributed by atoms with van der Waals surface area (Å²) in [4.78, 5) is 9.85. The molecule has 0 heterocycles. The van der Waals surface area contributed by atoms with Crippen LogP contribution in [-0.4, -0.2) is 24.0 Å². The third-order valence-electron chi connectivity index (χ3n) is 1.33. The summed E-state index contributed by atoms with van der Waals surface area (Å²) in [5, 5.41) is 8.59. The first-order chi connectivity index (χ1) is 4.85. The molecule has 60 valence electrons. The summed E-state index contributed by atoms with van der Waals surface area (Å²) in [6.07, 6.45) is 2.92. The molecule has 1 atom stereocenters. The Hall–Kier alpha value is -0.450. The molecule has 0 saturated heterocycles. The van der Waals surface area contributed by atoms with Gasteiger partial charge in [-0.1, -0.05) is 0 Å². The van der Waals surface area contributed by atoms with Crippen molar-refractivity contribution in [1.29, 1.82) is 0 Å². The zero-order valence-corrected chi connectivity index (χ0v) is 5.92. The van der Waals surface area contributed by atoms with E-state index in [1.54, 1.807) is 0 Å². The quantitative estimate of drug-likeness (QED) is 0.198. The Balaban J connectivity index is 3.16. The smallest absolute Gasteiger partial charge is 0.119 e. The van der Waals surface area contributed by atoms with Gasteiger partial charge in [-0.25, -0.2) is 0 Å². The van der Waals surface area contributed by atoms with E-state index in [4.69, 9.17) is 10.9 Å². The third kappa shape index (κ3) is 4.43. The second-order valence-electron chi connectivity index (χ2n) is 2.14. The van der Waals surface area contributed by atoms with Gasteiger partial charge in [-0.15, -0.1) is 0 Å². The van der Waals surface area contributed by atoms with E-state index in [1.165, 1.54) is 0 Å². The summed E-state index contributed by atoms with van der Waals surface area (Å²) >= 11 is 0. The van der Waals surface area contributed by atoms with Crippen molar-refractivity contribution < 1.29 is 9.90 Å². The maximum absolute atomic E-state index is 9.85. The lowest BCUT2D eigenvalue weighted by molar-refractivity contribution is -0.107. The van der Waals surface area contributed by atoms with Crippen LogP contribution in [0.25, 0.3) is 0 Å². The SMILES string of the molecule is NNC(CO)CCCC=O. The molecule has 0 aliphatic heterocycles. The van der Waals surface area contributed by atoms with E-state index in [0.717, 1.165) is 19.1 Å². The van der Waals surface area contributed by atoms with Gasteiger partial charge in [-0.05, 0) is 12.8 Å². The van der Waals surface area contributed by atoms with Crippen LogP contribution >= 0.6 is 0 Å². The Bertz CT molecular complexity index is 83.8. The molecule has 0 fully saturated rings. The molecule has 0 aromatic rings. The molecule has 0 aromatic carbocycles. The Labute approximate surface area is 60.4 Å². The fraction of sp³-hybridized carbons (Fsp3) is 0.833. The number of rotatable bonds is 6. The molecule has 0 bridgehead atoms. The summed E-state index contributed by atoms with van der Waals surface area (Å²) in [5.41, 5.74) is 2.44. The fourth-order valence-electron chi connectivity index (χ4n) is 0.675. The van der Waals surface area contributed by atoms with E-state index >= 15 is 0 Å². The van der Waals surface area contributed by atoms with Crippen molar-refractivity contribution in [2.24, 2.45) is 5.84 Å². The molecule has 0 radical (unpaired) electrons. The molecule has 0 saturated carbocycles. The summed E-state index contributed by atoms with van der Waals surface area (Å²) in [5.74, 6) is 5.07. The van der Waals surface area contributed by atoms with Gasteiger partial charge in [0.1, 0.15) is 6.29 Å². The summed E-state index contributed by atoms with van der Waals surface area (Å²) < 4.78 is 0. The van der Waals surface area contributed by atoms with E-state index in [0.29, 0.717) is 6.42 Å². The first-order valence-electron chi connectivity index (χ1n) is 3.35. The van der Waals surface area contributed by atoms with Crippen molar-refractivity contribution in [2.75, 3.05) is 6.61 Å². The number of hydrogen-bond acceptors (Lipinski definition) is 4. The second-order valence-corrected chi connectivity index (χ2v) is 2.14. The minimum absolute atomic E-state index is 0.0232. The van der Waals surface area contributed by atoms with E-state index in [2.05, 4.69) is 5.43 Å². The van der Waals surface area contributed by atoms with Gasteiger partial charge >= 0.3 is 0 Å². The molecule has 0 aliphatic carbocycles. The number of nitrogens with one attached hydrogen (secondary N) is 1. The van der Waals surface area contributed by atoms with Crippen molar-refractivity contribution >= 4 is 6.29 Å². The summed E-state index contributed by atoms with van der Waals surface area (Å²) in [6, 6.07) is -0.0695. The van der Waals surface area contributed by atoms with Crippen molar-refractivity contribution in [1.82, 2.24) is 5.43 Å². The molecule has 1 unspecified atom stereocenters. The number of aldehydes is 1. The van der Waals surface area contributed by atoms with E-state index in [9.17, 15) is 4.79 Å². The van der Waals surface area contributed by atoms with Gasteiger partial charge in [-0.2, -0.15) is 0 Å². The second kappa shape index (κ2) is 6.67. The van der Waals surface area contributed by atoms with Gasteiger partial charge in [0, 0.05) is 12.5 Å². The minimum atomic E-state index is -0.0695. The highest BCUT2D eigenvalue weighted by Gasteiger charge is 2.02. The van der Waals surface area contributed by atoms with Crippen LogP contribution in [0.1, 0.15) is 19.3 Å². The Morgan fingerprint density at radius 1 is 1.70 bits per heavy atom. The highest BCUT2D eigenvalue weighted by atomic mass is 16.3. The number of aliphatic hydroxyl groups excluding tert-OH is 1. The first kappa shape index (κ1) is 9.55. The lowest BCUT2D eigenvalue weighted by Crippen LogP contribution is -2.37. The van der Waals surface area contributed by atoms with Crippen LogP contribution in [0.4, 0.5) is 0 Å². The normalized spacial score (nSPS) is 13.0. The Morgan fingerprint density at radius 2 is 2.40 bits per heavy atom. The molecular formula is C6H14N2O2. The van der Waals surface area contributed by atoms with Gasteiger partial charge < -0.3 is 9.90 Å². The Morgan fingerprint density at radius 3 is 2.80 bits per heavy atom. The molecule has 0 rings (SSSR count). The first-order valence-corrected chi connectivity index (χ1v) is 3.35. The predicted octanol–water partition coefficient (Wildman–Crippen LogP) is -0.820. The number of unbranched alkanes of at least 4 members (excludes halogenated alkanes) is 1. The maximum Gasteiger partial charge on any atom is 0.119 e. The number of hydrogen-bond donors (Lipinski definition) is 3. The number of hydrazine groups is 1. The maximum atomic E-state index is 9.85. The molecule has 0 spiro atoms. The standard InChI is InChI=1S/C6H14N2O2/c7-8-6(5-10)3-1-2-4-9/h4,6,8,10H,1-3,5,7H2. The van der Waals surface area contributed by atoms with Crippen LogP contribution in [-0.2, 0) is 4.79 Å². The largest absolute Gasteiger partial charge is 0.395 e. The number of aliphatic hydroxyl groups is 1. The van der Waals surface area contributed by atoms with Crippen molar-refractivity contribution in [3.63, 3.8) is 0 Å². The predicted molar refractivity (Wildman–Crippen MR) is 38.1 cm³/mol. The lowest BCUT2D eigenvalue weighted by Gasteiger charge is -2.10. The van der Waals surface area contributed by atoms with Gasteiger partial charge in [0.25, 0.3) is 0 Å². The van der Waals surface area contributed by atoms with Gasteiger partial charge in [0.15, 0.2) is 0 Å². The molecule has 0 aliphatic rings. The van der Waals surface area contributed by atoms with E-state index in [1.807, 2.05) is 0 Å². The van der Waals surface area contributed by atoms with E-state index < -0.39 is 0 Å². The lowest BCUT2D eigenvalue weighted by atomic mass is 10.1. The van der Waals surface area contributed by atoms with Crippen LogP contribution in [0, 0.1) is 0 Å². The van der Waals surface area contributed by atoms with Crippen LogP contribution in [0.2, 0.25) is 0 Å². The van der Waals surface area contributed by atoms with E-state index in [-0.39, 0.29) is 12.6 Å². The number of carbonyl (C=O) groups is 1. The Kier molecular flexibility index (Phi) is 6.37. The molecule has 0 aromatic heterocycles. The topological polar surface area (TPSA) is 75.3 Å². The van der Waals surface area contributed by atoms with Gasteiger partial charge in [0.2, 0.25) is 0 Å². The van der Waals surface area contributed by atoms with Crippen LogP contribution in [0.3, 0.4) is 0 Å². The monoisotopic (exact) mass is 146 g/mol. The highest BCUT2D eigenvalue weighted by molar-refractivity contribution is 5.48. The summed E-state index contributed by atoms with van der Waals surface area (Å²) in [7, 11) is 0. The highest BCUT2D eigenvalue weighted by Crippen LogP contribution is 1.96. The zero-order chi connectivity index (χ0) is 7.82. The average Bonchev–Trinajstić information content (AvgIpc) is 1.99. The molecule has 4 nitrogen and oxygen atoms in total. The minimum Gasteiger partial charge on any atom is -0.395 e. The number of nitrogens with two attached hydrogens (primary N) is 1. The van der Waals surface area contributed by atoms with Crippen molar-refractivity contribution in [3.8, 4) is 0 Å². The van der Waals surface area contributed by atoms with Gasteiger partial charge in [-0.3, -0.25) is 11.3 Å². The molecule has 10 heavy (non-hydrogen) atoms. The average molecular weight is 146 g/mol. The van der Waals surface area contributed by atoms with Crippen molar-refractivity contribution in [2.45, 2.75) is 25.3 Å². The fourth-order valence-corrected chi connectivity index (χ4v) is 0.675. The molecular weight excluding hydrogens is 132 g/mol. The van der Waals surface area contributed by atoms with Crippen LogP contribution in [0.15, 0.2) is 0 Å². The summed E-state index contributed by atoms with van der Waals surface area (Å²) in [6.45, 7) is 0.0232. The molecule has 0 amide bonds. The zero-order valence-electron chi connectivity index (χ0n) is 5.92. The third-order valence-corrected chi connectivity index (χ3v) is 1.33.